The number of rotatable bonds is 15. The van der Waals surface area contributed by atoms with Gasteiger partial charge < -0.3 is 0 Å². The molecule has 2 rings (SSSR count). The second-order valence-corrected chi connectivity index (χ2v) is 8.39. The summed E-state index contributed by atoms with van der Waals surface area (Å²) < 4.78 is 0. The largest absolute Gasteiger partial charge is 0.299 e. The number of hydrogen-bond donors (Lipinski definition) is 0. The van der Waals surface area contributed by atoms with E-state index in [1.807, 2.05) is 24.3 Å². The van der Waals surface area contributed by atoms with Gasteiger partial charge in [-0.05, 0) is 36.0 Å². The van der Waals surface area contributed by atoms with Gasteiger partial charge in [-0.15, -0.1) is 0 Å². The SMILES string of the molecule is CCCCCCCCCc1ccc(-c2ccc(C(=O)CC(=O)CCCC)cc2)cc1. The summed E-state index contributed by atoms with van der Waals surface area (Å²) in [5.74, 6) is -0.0323. The number of ketones is 2. The van der Waals surface area contributed by atoms with Crippen molar-refractivity contribution in [2.24, 2.45) is 0 Å². The fourth-order valence-corrected chi connectivity index (χ4v) is 3.74. The van der Waals surface area contributed by atoms with Crippen LogP contribution in [0.4, 0.5) is 0 Å². The van der Waals surface area contributed by atoms with Gasteiger partial charge >= 0.3 is 0 Å². The maximum Gasteiger partial charge on any atom is 0.170 e. The van der Waals surface area contributed by atoms with Crippen molar-refractivity contribution in [1.29, 1.82) is 0 Å². The Hall–Kier alpha value is -2.22. The Bertz CT molecular complexity index is 756. The lowest BCUT2D eigenvalue weighted by atomic mass is 9.98. The molecule has 0 amide bonds. The van der Waals surface area contributed by atoms with E-state index in [4.69, 9.17) is 0 Å². The summed E-state index contributed by atoms with van der Waals surface area (Å²) in [7, 11) is 0. The molecule has 2 nitrogen and oxygen atoms in total. The molecule has 0 unspecified atom stereocenters. The minimum atomic E-state index is -0.0762. The smallest absolute Gasteiger partial charge is 0.170 e. The first-order chi connectivity index (χ1) is 14.6. The highest BCUT2D eigenvalue weighted by Gasteiger charge is 2.11. The third-order valence-electron chi connectivity index (χ3n) is 5.73. The van der Waals surface area contributed by atoms with Gasteiger partial charge in [0.15, 0.2) is 5.78 Å². The minimum absolute atomic E-state index is 0.0205. The molecule has 0 heterocycles. The Morgan fingerprint density at radius 2 is 1.17 bits per heavy atom. The fraction of sp³-hybridized carbons (Fsp3) is 0.500. The molecule has 0 aliphatic heterocycles. The van der Waals surface area contributed by atoms with E-state index in [1.165, 1.54) is 50.5 Å². The summed E-state index contributed by atoms with van der Waals surface area (Å²) in [5.41, 5.74) is 4.28. The zero-order valence-corrected chi connectivity index (χ0v) is 18.9. The van der Waals surface area contributed by atoms with E-state index in [0.717, 1.165) is 30.4 Å². The van der Waals surface area contributed by atoms with Crippen LogP contribution >= 0.6 is 0 Å². The van der Waals surface area contributed by atoms with Gasteiger partial charge in [0.1, 0.15) is 5.78 Å². The summed E-state index contributed by atoms with van der Waals surface area (Å²) in [5, 5.41) is 0. The van der Waals surface area contributed by atoms with E-state index in [9.17, 15) is 9.59 Å². The molecular formula is C28H38O2. The number of carbonyl (C=O) groups is 2. The van der Waals surface area contributed by atoms with E-state index in [2.05, 4.69) is 38.1 Å². The molecular weight excluding hydrogens is 368 g/mol. The van der Waals surface area contributed by atoms with Crippen LogP contribution in [0.2, 0.25) is 0 Å². The van der Waals surface area contributed by atoms with Crippen LogP contribution in [0.3, 0.4) is 0 Å². The van der Waals surface area contributed by atoms with Crippen molar-refractivity contribution in [2.45, 2.75) is 90.9 Å². The van der Waals surface area contributed by atoms with Crippen LogP contribution in [0.1, 0.15) is 100 Å². The average molecular weight is 407 g/mol. The van der Waals surface area contributed by atoms with Gasteiger partial charge in [0.25, 0.3) is 0 Å². The summed E-state index contributed by atoms with van der Waals surface area (Å²) in [6, 6.07) is 16.4. The molecule has 0 fully saturated rings. The van der Waals surface area contributed by atoms with E-state index in [0.29, 0.717) is 12.0 Å². The van der Waals surface area contributed by atoms with E-state index >= 15 is 0 Å². The first-order valence-corrected chi connectivity index (χ1v) is 11.9. The van der Waals surface area contributed by atoms with Crippen LogP contribution in [0.25, 0.3) is 11.1 Å². The molecule has 30 heavy (non-hydrogen) atoms. The van der Waals surface area contributed by atoms with Crippen LogP contribution in [0.5, 0.6) is 0 Å². The predicted octanol–water partition coefficient (Wildman–Crippen LogP) is 7.98. The van der Waals surface area contributed by atoms with Crippen LogP contribution in [0.15, 0.2) is 48.5 Å². The topological polar surface area (TPSA) is 34.1 Å². The highest BCUT2D eigenvalue weighted by atomic mass is 16.1. The molecule has 2 aromatic carbocycles. The maximum atomic E-state index is 12.3. The Morgan fingerprint density at radius 3 is 1.77 bits per heavy atom. The number of carbonyl (C=O) groups excluding carboxylic acids is 2. The molecule has 0 aliphatic carbocycles. The van der Waals surface area contributed by atoms with Crippen molar-refractivity contribution >= 4 is 11.6 Å². The highest BCUT2D eigenvalue weighted by molar-refractivity contribution is 6.08. The molecule has 0 saturated carbocycles. The minimum Gasteiger partial charge on any atom is -0.299 e. The molecule has 0 radical (unpaired) electrons. The van der Waals surface area contributed by atoms with Crippen molar-refractivity contribution in [3.8, 4) is 11.1 Å². The maximum absolute atomic E-state index is 12.3. The van der Waals surface area contributed by atoms with Crippen molar-refractivity contribution in [3.05, 3.63) is 59.7 Å². The molecule has 0 aliphatic rings. The molecule has 0 aromatic heterocycles. The van der Waals surface area contributed by atoms with Crippen LogP contribution in [-0.2, 0) is 11.2 Å². The Labute approximate surface area is 183 Å². The first kappa shape index (κ1) is 24.1. The molecule has 0 atom stereocenters. The standard InChI is InChI=1S/C28H38O2/c1-3-5-7-8-9-10-11-12-23-14-16-24(17-15-23)25-18-20-26(21-19-25)28(30)22-27(29)13-6-4-2/h14-21H,3-13,22H2,1-2H3. The molecule has 2 aromatic rings. The second-order valence-electron chi connectivity index (χ2n) is 8.39. The summed E-state index contributed by atoms with van der Waals surface area (Å²) >= 11 is 0. The molecule has 0 saturated heterocycles. The Kier molecular flexibility index (Phi) is 11.1. The van der Waals surface area contributed by atoms with Gasteiger partial charge in [-0.2, -0.15) is 0 Å². The van der Waals surface area contributed by atoms with Gasteiger partial charge in [-0.3, -0.25) is 9.59 Å². The van der Waals surface area contributed by atoms with Crippen molar-refractivity contribution in [2.75, 3.05) is 0 Å². The summed E-state index contributed by atoms with van der Waals surface area (Å²) in [6.45, 7) is 4.31. The zero-order chi connectivity index (χ0) is 21.6. The normalized spacial score (nSPS) is 10.9. The van der Waals surface area contributed by atoms with Gasteiger partial charge in [0, 0.05) is 12.0 Å². The second kappa shape index (κ2) is 13.9. The van der Waals surface area contributed by atoms with Crippen molar-refractivity contribution in [3.63, 3.8) is 0 Å². The lowest BCUT2D eigenvalue weighted by Crippen LogP contribution is -2.07. The molecule has 0 spiro atoms. The first-order valence-electron chi connectivity index (χ1n) is 11.9. The third kappa shape index (κ3) is 8.65. The predicted molar refractivity (Wildman–Crippen MR) is 127 cm³/mol. The van der Waals surface area contributed by atoms with Gasteiger partial charge in [-0.1, -0.05) is 107 Å². The number of benzene rings is 2. The zero-order valence-electron chi connectivity index (χ0n) is 18.9. The number of hydrogen-bond acceptors (Lipinski definition) is 2. The van der Waals surface area contributed by atoms with Gasteiger partial charge in [-0.25, -0.2) is 0 Å². The van der Waals surface area contributed by atoms with Crippen LogP contribution in [0, 0.1) is 0 Å². The molecule has 0 bridgehead atoms. The quantitative estimate of drug-likeness (QED) is 0.171. The van der Waals surface area contributed by atoms with Gasteiger partial charge in [0.05, 0.1) is 6.42 Å². The van der Waals surface area contributed by atoms with Crippen LogP contribution in [-0.4, -0.2) is 11.6 Å². The Morgan fingerprint density at radius 1 is 0.633 bits per heavy atom. The number of Topliss-reactive ketones (excluding diaryl/α,β-unsaturated/α-hetero) is 2. The average Bonchev–Trinajstić information content (AvgIpc) is 2.77. The number of aryl methyl sites for hydroxylation is 1. The summed E-state index contributed by atoms with van der Waals surface area (Å²) in [4.78, 5) is 24.1. The highest BCUT2D eigenvalue weighted by Crippen LogP contribution is 2.22. The fourth-order valence-electron chi connectivity index (χ4n) is 3.74. The summed E-state index contributed by atoms with van der Waals surface area (Å²) in [6.07, 6.45) is 12.9. The van der Waals surface area contributed by atoms with Crippen molar-refractivity contribution < 1.29 is 9.59 Å². The number of unbranched alkanes of at least 4 members (excludes halogenated alkanes) is 7. The molecule has 162 valence electrons. The lowest BCUT2D eigenvalue weighted by Gasteiger charge is -2.06. The monoisotopic (exact) mass is 406 g/mol. The third-order valence-corrected chi connectivity index (χ3v) is 5.73. The van der Waals surface area contributed by atoms with E-state index in [1.54, 1.807) is 0 Å². The van der Waals surface area contributed by atoms with Crippen LogP contribution < -0.4 is 0 Å². The molecule has 2 heteroatoms. The van der Waals surface area contributed by atoms with E-state index < -0.39 is 0 Å². The Balaban J connectivity index is 1.80. The molecule has 0 N–H and O–H groups in total. The lowest BCUT2D eigenvalue weighted by molar-refractivity contribution is -0.118. The van der Waals surface area contributed by atoms with Crippen molar-refractivity contribution in [1.82, 2.24) is 0 Å². The van der Waals surface area contributed by atoms with Gasteiger partial charge in [0.2, 0.25) is 0 Å². The van der Waals surface area contributed by atoms with E-state index in [-0.39, 0.29) is 18.0 Å².